The molecule has 0 aliphatic carbocycles. The number of carbonyl (C=O) groups excluding carboxylic acids is 2. The summed E-state index contributed by atoms with van der Waals surface area (Å²) in [5, 5.41) is 136. The third-order valence-corrected chi connectivity index (χ3v) is 16.7. The maximum absolute atomic E-state index is 12.3. The normalized spacial score (nSPS) is 14.2. The van der Waals surface area contributed by atoms with Crippen molar-refractivity contribution in [3.63, 3.8) is 0 Å². The van der Waals surface area contributed by atoms with Gasteiger partial charge in [0.2, 0.25) is 17.0 Å². The van der Waals surface area contributed by atoms with Crippen molar-refractivity contribution in [2.24, 2.45) is 0 Å². The number of ether oxygens (including phenoxy) is 2. The summed E-state index contributed by atoms with van der Waals surface area (Å²) < 4.78 is 28.0. The molecule has 0 spiro atoms. The summed E-state index contributed by atoms with van der Waals surface area (Å²) in [4.78, 5) is 60.8. The number of fused-ring (bicyclic) bond motifs is 5. The van der Waals surface area contributed by atoms with E-state index in [2.05, 4.69) is 0 Å². The summed E-state index contributed by atoms with van der Waals surface area (Å²) in [6, 6.07) is 46.4. The number of hydrogen-bond acceptors (Lipinski definition) is 24. The van der Waals surface area contributed by atoms with Gasteiger partial charge in [-0.05, 0) is 75.6 Å². The topological polar surface area (TPSA) is 426 Å². The van der Waals surface area contributed by atoms with E-state index in [4.69, 9.17) is 22.7 Å². The van der Waals surface area contributed by atoms with Crippen LogP contribution >= 0.6 is 0 Å². The Morgan fingerprint density at radius 2 is 0.788 bits per heavy atom. The molecule has 0 bridgehead atoms. The van der Waals surface area contributed by atoms with Crippen LogP contribution in [0.4, 0.5) is 0 Å². The van der Waals surface area contributed by atoms with Gasteiger partial charge < -0.3 is 94.2 Å². The van der Waals surface area contributed by atoms with Crippen LogP contribution < -0.4 is 25.8 Å². The molecule has 3 unspecified atom stereocenters. The van der Waals surface area contributed by atoms with Gasteiger partial charge in [0.15, 0.2) is 34.6 Å². The molecule has 0 amide bonds. The number of aliphatic hydroxyl groups excluding tert-OH is 1. The number of hydrogen-bond donors (Lipinski definition) is 14. The van der Waals surface area contributed by atoms with E-state index >= 15 is 0 Å². The van der Waals surface area contributed by atoms with Gasteiger partial charge >= 0.3 is 0 Å². The molecule has 13 aromatic rings. The lowest BCUT2D eigenvalue weighted by Gasteiger charge is -2.30. The highest BCUT2D eigenvalue weighted by Gasteiger charge is 2.40. The average molecular weight is 1410 g/mol. The molecule has 5 heterocycles. The Morgan fingerprint density at radius 1 is 0.365 bits per heavy atom. The third kappa shape index (κ3) is 15.2. The standard InChI is InChI=1S/C16H12O6.C16H14O6.C16H14O4.2C16H12O4/c1-7-4-8(2-3-10(7)18)16-15(21)14(20)13-11(19)5-9(17)6-12(13)22-16;1-7-2-3-9(10(18)4-7)16-15(21)14(20)13-11(19)5-8(17)6-12(13)22-16;3*1-9-2-4-10(5-3-9)14-8-13(19)16-12(18)6-11(17)7-15(16)20-14/h2-6,17-19,21H,1H3;2-6,15-19,21H,1H3;2-7,14,17-18H,8H2,1H3;2*2-8,17-18H,1H3. The first-order chi connectivity index (χ1) is 49.4. The van der Waals surface area contributed by atoms with Gasteiger partial charge in [-0.1, -0.05) is 102 Å². The Bertz CT molecular complexity index is 5570. The van der Waals surface area contributed by atoms with Gasteiger partial charge in [-0.15, -0.1) is 0 Å². The maximum atomic E-state index is 12.3. The molecular formula is C80H64O24. The molecule has 24 nitrogen and oxygen atoms in total. The van der Waals surface area contributed by atoms with Crippen molar-refractivity contribution in [3.8, 4) is 120 Å². The first kappa shape index (κ1) is 71.4. The summed E-state index contributed by atoms with van der Waals surface area (Å²) in [5.41, 5.74) is 6.47. The number of aliphatic hydroxyl groups is 1. The second-order valence-corrected chi connectivity index (χ2v) is 24.5. The molecule has 3 atom stereocenters. The molecular weight excluding hydrogens is 1340 g/mol. The van der Waals surface area contributed by atoms with Crippen LogP contribution in [0.15, 0.2) is 210 Å². The summed E-state index contributed by atoms with van der Waals surface area (Å²) in [5.74, 6) is -3.48. The zero-order chi connectivity index (χ0) is 74.9. The van der Waals surface area contributed by atoms with Gasteiger partial charge in [-0.25, -0.2) is 0 Å². The molecule has 10 aromatic carbocycles. The number of rotatable bonds is 5. The zero-order valence-corrected chi connectivity index (χ0v) is 55.6. The van der Waals surface area contributed by atoms with Crippen LogP contribution in [0.2, 0.25) is 0 Å². The summed E-state index contributed by atoms with van der Waals surface area (Å²) in [6.45, 7) is 9.37. The van der Waals surface area contributed by atoms with E-state index in [1.54, 1.807) is 32.0 Å². The molecule has 0 radical (unpaired) electrons. The molecule has 3 aromatic heterocycles. The van der Waals surface area contributed by atoms with Gasteiger partial charge in [-0.2, -0.15) is 0 Å². The van der Waals surface area contributed by atoms with E-state index in [1.165, 1.54) is 60.7 Å². The number of carbonyl (C=O) groups is 2. The minimum atomic E-state index is -1.57. The number of aromatic hydroxyl groups is 13. The Kier molecular flexibility index (Phi) is 20.0. The largest absolute Gasteiger partial charge is 0.508 e. The number of phenolic OH excluding ortho intramolecular Hbond substituents is 12. The first-order valence-corrected chi connectivity index (χ1v) is 31.6. The minimum Gasteiger partial charge on any atom is -0.508 e. The second-order valence-electron chi connectivity index (χ2n) is 24.5. The fraction of sp³-hybridized carbons (Fsp3) is 0.113. The van der Waals surface area contributed by atoms with E-state index < -0.39 is 46.8 Å². The van der Waals surface area contributed by atoms with Crippen LogP contribution in [-0.4, -0.2) is 89.2 Å². The molecule has 0 saturated heterocycles. The summed E-state index contributed by atoms with van der Waals surface area (Å²) in [7, 11) is 0. The molecule has 0 saturated carbocycles. The van der Waals surface area contributed by atoms with Crippen molar-refractivity contribution >= 4 is 44.5 Å². The van der Waals surface area contributed by atoms with Crippen molar-refractivity contribution in [2.45, 2.75) is 59.4 Å². The molecule has 104 heavy (non-hydrogen) atoms. The van der Waals surface area contributed by atoms with Crippen molar-refractivity contribution in [1.29, 1.82) is 0 Å². The fourth-order valence-corrected chi connectivity index (χ4v) is 11.4. The van der Waals surface area contributed by atoms with Crippen LogP contribution in [0.3, 0.4) is 0 Å². The van der Waals surface area contributed by atoms with Crippen molar-refractivity contribution < 1.29 is 104 Å². The number of ketones is 2. The van der Waals surface area contributed by atoms with Crippen LogP contribution in [0.1, 0.15) is 78.3 Å². The average Bonchev–Trinajstić information content (AvgIpc) is 0.746. The lowest BCUT2D eigenvalue weighted by molar-refractivity contribution is 0.0203. The maximum Gasteiger partial charge on any atom is 0.238 e. The molecule has 2 aliphatic heterocycles. The van der Waals surface area contributed by atoms with E-state index in [0.29, 0.717) is 22.6 Å². The number of aryl methyl sites for hydroxylation is 5. The van der Waals surface area contributed by atoms with E-state index in [1.807, 2.05) is 93.6 Å². The number of phenols is 12. The molecule has 15 rings (SSSR count). The number of benzene rings is 10. The van der Waals surface area contributed by atoms with Crippen LogP contribution in [0.5, 0.6) is 86.2 Å². The highest BCUT2D eigenvalue weighted by molar-refractivity contribution is 6.06. The Labute approximate surface area is 588 Å². The summed E-state index contributed by atoms with van der Waals surface area (Å²) >= 11 is 0. The zero-order valence-electron chi connectivity index (χ0n) is 55.6. The van der Waals surface area contributed by atoms with E-state index in [-0.39, 0.29) is 147 Å². The molecule has 528 valence electrons. The fourth-order valence-electron chi connectivity index (χ4n) is 11.4. The first-order valence-electron chi connectivity index (χ1n) is 31.6. The lowest BCUT2D eigenvalue weighted by atomic mass is 9.92. The van der Waals surface area contributed by atoms with Gasteiger partial charge in [0, 0.05) is 95.1 Å². The van der Waals surface area contributed by atoms with E-state index in [0.717, 1.165) is 69.3 Å². The van der Waals surface area contributed by atoms with Crippen LogP contribution in [-0.2, 0) is 0 Å². The third-order valence-electron chi connectivity index (χ3n) is 16.7. The smallest absolute Gasteiger partial charge is 0.238 e. The predicted octanol–water partition coefficient (Wildman–Crippen LogP) is 13.9. The summed E-state index contributed by atoms with van der Waals surface area (Å²) in [6.07, 6.45) is -2.91. The molecule has 2 aliphatic rings. The van der Waals surface area contributed by atoms with E-state index in [9.17, 15) is 95.5 Å². The second kappa shape index (κ2) is 29.1. The van der Waals surface area contributed by atoms with Crippen molar-refractivity contribution in [3.05, 3.63) is 263 Å². The minimum absolute atomic E-state index is 0.0437. The Balaban J connectivity index is 0.000000130. The van der Waals surface area contributed by atoms with Gasteiger partial charge in [0.1, 0.15) is 142 Å². The van der Waals surface area contributed by atoms with Gasteiger partial charge in [0.05, 0.1) is 6.42 Å². The predicted molar refractivity (Wildman–Crippen MR) is 381 cm³/mol. The lowest BCUT2D eigenvalue weighted by Crippen LogP contribution is -2.36. The van der Waals surface area contributed by atoms with Crippen LogP contribution in [0.25, 0.3) is 66.9 Å². The number of Topliss-reactive ketones (excluding diaryl/α,β-unsaturated/α-hetero) is 2. The monoisotopic (exact) mass is 1410 g/mol. The molecule has 14 N–H and O–H groups in total. The van der Waals surface area contributed by atoms with Crippen molar-refractivity contribution in [1.82, 2.24) is 0 Å². The quantitative estimate of drug-likeness (QED) is 0.0761. The molecule has 24 heteroatoms. The van der Waals surface area contributed by atoms with Crippen LogP contribution in [0, 0.1) is 34.6 Å². The van der Waals surface area contributed by atoms with Gasteiger partial charge in [0.25, 0.3) is 0 Å². The van der Waals surface area contributed by atoms with Gasteiger partial charge in [-0.3, -0.25) is 24.0 Å². The Hall–Kier alpha value is -13.9. The molecule has 0 fully saturated rings. The highest BCUT2D eigenvalue weighted by atomic mass is 16.5. The highest BCUT2D eigenvalue weighted by Crippen LogP contribution is 2.45. The Morgan fingerprint density at radius 3 is 1.28 bits per heavy atom. The van der Waals surface area contributed by atoms with Crippen molar-refractivity contribution in [2.75, 3.05) is 0 Å². The SMILES string of the molecule is Cc1cc(-c2oc3cc(O)cc(O)c3c(=O)c2O)ccc1O.Cc1ccc(-c2cc(=O)c3c(O)cc(O)cc3o2)cc1.Cc1ccc(-c2cc(=O)c3c(O)cc(O)cc3o2)cc1.Cc1ccc(C2CC(=O)c3c(O)cc(O)cc3O2)cc1.Cc1ccc(C2Oc3cc(O)cc(O)c3C(=O)C2O)c(O)c1.